The number of nitrogens with two attached hydrogens (primary N) is 2. The molecule has 40 valence electrons. The Morgan fingerprint density at radius 1 is 1.67 bits per heavy atom. The molecule has 6 heavy (non-hydrogen) atoms. The zero-order valence-corrected chi connectivity index (χ0v) is 9.34. The van der Waals surface area contributed by atoms with Crippen LogP contribution < -0.4 is 24.4 Å². The van der Waals surface area contributed by atoms with Crippen LogP contribution in [-0.4, -0.2) is 6.34 Å². The minimum Gasteiger partial charge on any atom is -0.294 e. The first-order chi connectivity index (χ1) is 2.83. The third-order valence-electron chi connectivity index (χ3n) is 0. The Hall–Kier alpha value is 1.66. The van der Waals surface area contributed by atoms with E-state index in [1.807, 2.05) is 0 Å². The molecule has 0 bridgehead atoms. The molecule has 0 unspecified atom stereocenters. The second-order valence-electron chi connectivity index (χ2n) is 0.246. The molecule has 0 aromatic heterocycles. The normalized spacial score (nSPS) is 5.67. The number of hydrogen-bond donors (Lipinski definition) is 2. The van der Waals surface area contributed by atoms with Crippen LogP contribution in [0.3, 0.4) is 0 Å². The fourth-order valence-electron chi connectivity index (χ4n) is 0. The molecule has 0 fully saturated rings. The zero-order chi connectivity index (χ0) is 5.41. The van der Waals surface area contributed by atoms with Crippen molar-refractivity contribution >= 4 is 43.6 Å². The van der Waals surface area contributed by atoms with Crippen molar-refractivity contribution in [3.63, 3.8) is 0 Å². The maximum Gasteiger partial charge on any atom is 0.225 e. The summed E-state index contributed by atoms with van der Waals surface area (Å²) in [4.78, 5) is 0. The smallest absolute Gasteiger partial charge is 0.225 e. The standard InChI is InChI=1S/CH4N2.I3/c2-1-3;1-3-2/h1H,(H3,2,3);/q;-1/p+1. The van der Waals surface area contributed by atoms with Crippen LogP contribution in [0.2, 0.25) is 0 Å². The van der Waals surface area contributed by atoms with Crippen molar-refractivity contribution in [1.82, 2.24) is 0 Å². The molecule has 0 aromatic rings. The van der Waals surface area contributed by atoms with Crippen LogP contribution in [0.15, 0.2) is 0 Å². The summed E-state index contributed by atoms with van der Waals surface area (Å²) in [5, 5.41) is 4.50. The molecule has 0 aromatic carbocycles. The molecule has 0 atom stereocenters. The van der Waals surface area contributed by atoms with Crippen molar-refractivity contribution in [3.8, 4) is 0 Å². The van der Waals surface area contributed by atoms with E-state index in [0.717, 1.165) is 6.34 Å². The molecule has 0 radical (unpaired) electrons. The average Bonchev–Trinajstić information content (AvgIpc) is 1.39. The summed E-state index contributed by atoms with van der Waals surface area (Å²) >= 11 is 5.30. The third kappa shape index (κ3) is 44.6. The van der Waals surface area contributed by atoms with E-state index < -0.39 is 0 Å². The number of hydrogen-bond acceptors (Lipinski definition) is 0. The summed E-state index contributed by atoms with van der Waals surface area (Å²) in [7, 11) is 0. The molecule has 0 aliphatic heterocycles. The molecule has 5 heteroatoms. The molecular formula is CH5I3N2. The molecular weight excluding hydrogens is 421 g/mol. The topological polar surface area (TPSA) is 51.6 Å². The van der Waals surface area contributed by atoms with E-state index >= 15 is 0 Å². The van der Waals surface area contributed by atoms with Gasteiger partial charge in [-0.25, -0.2) is 0 Å². The van der Waals surface area contributed by atoms with Crippen molar-refractivity contribution in [3.05, 3.63) is 0 Å². The molecule has 0 saturated carbocycles. The van der Waals surface area contributed by atoms with Crippen LogP contribution >= 0.6 is 37.2 Å². The SMILES string of the molecule is I[I-]I.NC=[NH2+]. The second kappa shape index (κ2) is 15.9. The average molecular weight is 426 g/mol. The molecule has 0 heterocycles. The Morgan fingerprint density at radius 2 is 1.67 bits per heavy atom. The van der Waals surface area contributed by atoms with Crippen LogP contribution in [0.1, 0.15) is 0 Å². The van der Waals surface area contributed by atoms with Crippen molar-refractivity contribution in [2.24, 2.45) is 5.73 Å². The monoisotopic (exact) mass is 426 g/mol. The minimum absolute atomic E-state index is 0.530. The first kappa shape index (κ1) is 10.6. The molecule has 0 aliphatic rings. The Labute approximate surface area is 66.8 Å². The van der Waals surface area contributed by atoms with Gasteiger partial charge in [0.25, 0.3) is 0 Å². The number of rotatable bonds is 0. The van der Waals surface area contributed by atoms with Crippen LogP contribution in [0.25, 0.3) is 0 Å². The molecule has 0 saturated heterocycles. The van der Waals surface area contributed by atoms with E-state index in [4.69, 9.17) is 0 Å². The summed E-state index contributed by atoms with van der Waals surface area (Å²) in [6.45, 7) is 0. The summed E-state index contributed by atoms with van der Waals surface area (Å²) in [5.41, 5.74) is 4.50. The van der Waals surface area contributed by atoms with E-state index in [1.54, 1.807) is 0 Å². The van der Waals surface area contributed by atoms with E-state index in [9.17, 15) is 0 Å². The van der Waals surface area contributed by atoms with Gasteiger partial charge in [0.15, 0.2) is 0 Å². The van der Waals surface area contributed by atoms with Crippen molar-refractivity contribution in [2.45, 2.75) is 0 Å². The van der Waals surface area contributed by atoms with Gasteiger partial charge in [-0.2, -0.15) is 0 Å². The van der Waals surface area contributed by atoms with Gasteiger partial charge in [0.05, 0.1) is 0 Å². The van der Waals surface area contributed by atoms with E-state index in [0.29, 0.717) is 13.3 Å². The van der Waals surface area contributed by atoms with Crippen molar-refractivity contribution in [2.75, 3.05) is 0 Å². The molecule has 0 spiro atoms. The first-order valence-electron chi connectivity index (χ1n) is 0.952. The van der Waals surface area contributed by atoms with Gasteiger partial charge in [0.2, 0.25) is 6.34 Å². The zero-order valence-electron chi connectivity index (χ0n) is 2.87. The first-order valence-corrected chi connectivity index (χ1v) is 13.5. The van der Waals surface area contributed by atoms with Gasteiger partial charge in [0.1, 0.15) is 0 Å². The predicted octanol–water partition coefficient (Wildman–Crippen LogP) is -3.49. The van der Waals surface area contributed by atoms with Gasteiger partial charge < -0.3 is 0 Å². The maximum atomic E-state index is 4.50. The Morgan fingerprint density at radius 3 is 1.67 bits per heavy atom. The predicted molar refractivity (Wildman–Crippen MR) is 40.2 cm³/mol. The van der Waals surface area contributed by atoms with Gasteiger partial charge in [0, 0.05) is 0 Å². The van der Waals surface area contributed by atoms with Crippen LogP contribution in [0.4, 0.5) is 0 Å². The largest absolute Gasteiger partial charge is 0.294 e. The number of halogens is 3. The van der Waals surface area contributed by atoms with Gasteiger partial charge in [-0.05, 0) is 0 Å². The summed E-state index contributed by atoms with van der Waals surface area (Å²) in [6.07, 6.45) is 1.00. The second-order valence-corrected chi connectivity index (χ2v) is 16.5. The van der Waals surface area contributed by atoms with E-state index in [-0.39, 0.29) is 0 Å². The Balaban J connectivity index is 0. The maximum absolute atomic E-state index is 4.50. The van der Waals surface area contributed by atoms with Crippen molar-refractivity contribution < 1.29 is 18.7 Å². The van der Waals surface area contributed by atoms with Crippen LogP contribution in [0.5, 0.6) is 0 Å². The fourth-order valence-corrected chi connectivity index (χ4v) is 0. The summed E-state index contributed by atoms with van der Waals surface area (Å²) in [6, 6.07) is 0. The van der Waals surface area contributed by atoms with Gasteiger partial charge in [-0.1, -0.05) is 0 Å². The summed E-state index contributed by atoms with van der Waals surface area (Å²) in [5.74, 6) is 0. The Kier molecular flexibility index (Phi) is 28.2. The molecule has 0 aliphatic carbocycles. The summed E-state index contributed by atoms with van der Waals surface area (Å²) < 4.78 is 0. The van der Waals surface area contributed by atoms with Gasteiger partial charge in [-0.15, -0.1) is 0 Å². The third-order valence-corrected chi connectivity index (χ3v) is 0. The fraction of sp³-hybridized carbons (Fsp3) is 0. The van der Waals surface area contributed by atoms with Crippen LogP contribution in [-0.2, 0) is 0 Å². The quantitative estimate of drug-likeness (QED) is 0.236. The van der Waals surface area contributed by atoms with Crippen LogP contribution in [0, 0.1) is 0 Å². The van der Waals surface area contributed by atoms with E-state index in [2.05, 4.69) is 48.4 Å². The van der Waals surface area contributed by atoms with Gasteiger partial charge >= 0.3 is 50.5 Å². The molecule has 0 amide bonds. The van der Waals surface area contributed by atoms with E-state index in [1.165, 1.54) is 0 Å². The molecule has 4 N–H and O–H groups in total. The molecule has 0 rings (SSSR count). The van der Waals surface area contributed by atoms with Gasteiger partial charge in [-0.3, -0.25) is 11.1 Å². The van der Waals surface area contributed by atoms with Crippen molar-refractivity contribution in [1.29, 1.82) is 0 Å². The Bertz CT molecular complexity index is 22.8. The minimum atomic E-state index is 0.530. The molecule has 2 nitrogen and oxygen atoms in total.